The number of nitrogens with one attached hydrogen (secondary N) is 4. The van der Waals surface area contributed by atoms with E-state index in [1.54, 1.807) is 4.90 Å². The largest absolute Gasteiger partial charge is 0.481 e. The molecule has 13 nitrogen and oxygen atoms in total. The molecule has 13 heteroatoms. The van der Waals surface area contributed by atoms with Gasteiger partial charge in [0.1, 0.15) is 6.17 Å². The molecule has 2 saturated heterocycles. The lowest BCUT2D eigenvalue weighted by Gasteiger charge is -2.33. The van der Waals surface area contributed by atoms with E-state index in [1.807, 2.05) is 0 Å². The van der Waals surface area contributed by atoms with Crippen molar-refractivity contribution in [1.29, 1.82) is 0 Å². The molecule has 1 aromatic rings. The van der Waals surface area contributed by atoms with E-state index in [2.05, 4.69) is 21.3 Å². The van der Waals surface area contributed by atoms with Crippen LogP contribution in [0.2, 0.25) is 0 Å². The van der Waals surface area contributed by atoms with Crippen LogP contribution in [0.1, 0.15) is 65.7 Å². The summed E-state index contributed by atoms with van der Waals surface area (Å²) in [5, 5.41) is 28.9. The van der Waals surface area contributed by atoms with Gasteiger partial charge in [0.15, 0.2) is 0 Å². The van der Waals surface area contributed by atoms with E-state index in [0.717, 1.165) is 32.4 Å². The molecule has 0 saturated carbocycles. The molecule has 0 aliphatic carbocycles. The fourth-order valence-electron chi connectivity index (χ4n) is 4.95. The molecule has 40 heavy (non-hydrogen) atoms. The lowest BCUT2D eigenvalue weighted by atomic mass is 9.92. The molecule has 218 valence electrons. The molecule has 0 radical (unpaired) electrons. The number of nitrogens with zero attached hydrogens (tertiary/aromatic N) is 1. The van der Waals surface area contributed by atoms with Crippen molar-refractivity contribution in [3.05, 3.63) is 35.4 Å². The number of benzene rings is 1. The first-order chi connectivity index (χ1) is 19.1. The van der Waals surface area contributed by atoms with Gasteiger partial charge in [0.2, 0.25) is 17.7 Å². The van der Waals surface area contributed by atoms with E-state index in [4.69, 9.17) is 5.11 Å². The van der Waals surface area contributed by atoms with Crippen molar-refractivity contribution in [3.8, 4) is 0 Å². The topological polar surface area (TPSA) is 194 Å². The number of amides is 4. The van der Waals surface area contributed by atoms with Gasteiger partial charge in [0, 0.05) is 25.1 Å². The fourth-order valence-corrected chi connectivity index (χ4v) is 4.95. The summed E-state index contributed by atoms with van der Waals surface area (Å²) in [5.41, 5.74) is 0.143. The Kier molecular flexibility index (Phi) is 11.4. The molecular formula is C27H37N5O8. The Balaban J connectivity index is 1.47. The number of rotatable bonds is 12. The normalized spacial score (nSPS) is 18.3. The first kappa shape index (κ1) is 30.5. The maximum absolute atomic E-state index is 13.0. The average molecular weight is 560 g/mol. The van der Waals surface area contributed by atoms with Gasteiger partial charge >= 0.3 is 11.9 Å². The van der Waals surface area contributed by atoms with Crippen molar-refractivity contribution < 1.29 is 39.0 Å². The second kappa shape index (κ2) is 15.0. The molecule has 6 N–H and O–H groups in total. The molecule has 0 unspecified atom stereocenters. The third-order valence-corrected chi connectivity index (χ3v) is 7.20. The Morgan fingerprint density at radius 2 is 1.62 bits per heavy atom. The van der Waals surface area contributed by atoms with Crippen molar-refractivity contribution in [2.24, 2.45) is 11.8 Å². The number of carboxylic acid groups (broad SMARTS) is 2. The second-order valence-electron chi connectivity index (χ2n) is 10.2. The van der Waals surface area contributed by atoms with Crippen LogP contribution in [0.3, 0.4) is 0 Å². The van der Waals surface area contributed by atoms with Crippen LogP contribution in [-0.4, -0.2) is 89.6 Å². The molecule has 1 aromatic carbocycles. The van der Waals surface area contributed by atoms with Gasteiger partial charge in [-0.05, 0) is 75.4 Å². The zero-order valence-electron chi connectivity index (χ0n) is 22.3. The standard InChI is InChI=1S/C27H37N5O8/c33-22(15-29-25(37)18-4-6-19(7-5-18)27(39)40)30-21(14-24(35)36)31-26(38)20-2-1-13-32(16-20)23(34)8-3-17-9-11-28-12-10-17/h4-7,17,20-21,28H,1-3,8-16H2,(H,29,37)(H,30,33)(H,31,38)(H,35,36)(H,39,40)/t20-,21-/m1/s1. The van der Waals surface area contributed by atoms with Crippen molar-refractivity contribution in [1.82, 2.24) is 26.2 Å². The number of carboxylic acids is 2. The maximum atomic E-state index is 13.0. The first-order valence-corrected chi connectivity index (χ1v) is 13.5. The summed E-state index contributed by atoms with van der Waals surface area (Å²) >= 11 is 0. The maximum Gasteiger partial charge on any atom is 0.335 e. The highest BCUT2D eigenvalue weighted by Crippen LogP contribution is 2.21. The zero-order chi connectivity index (χ0) is 29.1. The smallest absolute Gasteiger partial charge is 0.335 e. The third kappa shape index (κ3) is 9.63. The number of carbonyl (C=O) groups is 6. The minimum atomic E-state index is -1.24. The molecular weight excluding hydrogens is 522 g/mol. The van der Waals surface area contributed by atoms with Crippen LogP contribution in [0.5, 0.6) is 0 Å². The highest BCUT2D eigenvalue weighted by molar-refractivity contribution is 5.97. The molecule has 2 aliphatic rings. The van der Waals surface area contributed by atoms with Gasteiger partial charge in [-0.3, -0.25) is 24.0 Å². The second-order valence-corrected chi connectivity index (χ2v) is 10.2. The summed E-state index contributed by atoms with van der Waals surface area (Å²) in [5.74, 6) is -4.18. The summed E-state index contributed by atoms with van der Waals surface area (Å²) in [6.07, 6.45) is 2.76. The van der Waals surface area contributed by atoms with Crippen LogP contribution in [0, 0.1) is 11.8 Å². The Morgan fingerprint density at radius 1 is 0.950 bits per heavy atom. The SMILES string of the molecule is O=C(O)C[C@H](NC(=O)CNC(=O)c1ccc(C(=O)O)cc1)NC(=O)[C@@H]1CCCN(C(=O)CCC2CCNCC2)C1. The van der Waals surface area contributed by atoms with Crippen molar-refractivity contribution in [2.45, 2.75) is 51.1 Å². The summed E-state index contributed by atoms with van der Waals surface area (Å²) in [4.78, 5) is 74.4. The van der Waals surface area contributed by atoms with Gasteiger partial charge < -0.3 is 36.4 Å². The lowest BCUT2D eigenvalue weighted by Crippen LogP contribution is -2.54. The van der Waals surface area contributed by atoms with E-state index < -0.39 is 54.7 Å². The molecule has 4 amide bonds. The van der Waals surface area contributed by atoms with Crippen molar-refractivity contribution in [2.75, 3.05) is 32.7 Å². The van der Waals surface area contributed by atoms with Crippen LogP contribution in [0.25, 0.3) is 0 Å². The van der Waals surface area contributed by atoms with E-state index in [0.29, 0.717) is 31.7 Å². The minimum absolute atomic E-state index is 0.00390. The molecule has 0 bridgehead atoms. The first-order valence-electron chi connectivity index (χ1n) is 13.5. The van der Waals surface area contributed by atoms with Gasteiger partial charge in [-0.15, -0.1) is 0 Å². The number of hydrogen-bond acceptors (Lipinski definition) is 7. The van der Waals surface area contributed by atoms with E-state index in [-0.39, 0.29) is 23.6 Å². The fraction of sp³-hybridized carbons (Fsp3) is 0.556. The van der Waals surface area contributed by atoms with Gasteiger partial charge in [-0.1, -0.05) is 0 Å². The minimum Gasteiger partial charge on any atom is -0.481 e. The predicted octanol–water partition coefficient (Wildman–Crippen LogP) is 0.166. The predicted molar refractivity (Wildman–Crippen MR) is 142 cm³/mol. The molecule has 2 aliphatic heterocycles. The van der Waals surface area contributed by atoms with Crippen molar-refractivity contribution >= 4 is 35.6 Å². The number of aromatic carboxylic acids is 1. The Bertz CT molecular complexity index is 1090. The Morgan fingerprint density at radius 3 is 2.27 bits per heavy atom. The monoisotopic (exact) mass is 559 g/mol. The Labute approximate surface area is 232 Å². The summed E-state index contributed by atoms with van der Waals surface area (Å²) in [6.45, 7) is 2.25. The number of aliphatic carboxylic acids is 1. The molecule has 0 aromatic heterocycles. The Hall–Kier alpha value is -4.00. The van der Waals surface area contributed by atoms with Gasteiger partial charge in [0.25, 0.3) is 5.91 Å². The van der Waals surface area contributed by atoms with Crippen LogP contribution in [0.4, 0.5) is 0 Å². The molecule has 0 spiro atoms. The zero-order valence-corrected chi connectivity index (χ0v) is 22.3. The van der Waals surface area contributed by atoms with Gasteiger partial charge in [-0.25, -0.2) is 4.79 Å². The lowest BCUT2D eigenvalue weighted by molar-refractivity contribution is -0.138. The average Bonchev–Trinajstić information content (AvgIpc) is 2.94. The number of likely N-dealkylation sites (tertiary alicyclic amines) is 1. The van der Waals surface area contributed by atoms with E-state index >= 15 is 0 Å². The van der Waals surface area contributed by atoms with Crippen LogP contribution in [0.15, 0.2) is 24.3 Å². The highest BCUT2D eigenvalue weighted by Gasteiger charge is 2.30. The third-order valence-electron chi connectivity index (χ3n) is 7.20. The highest BCUT2D eigenvalue weighted by atomic mass is 16.4. The number of hydrogen-bond donors (Lipinski definition) is 6. The number of piperidine rings is 2. The summed E-state index contributed by atoms with van der Waals surface area (Å²) < 4.78 is 0. The van der Waals surface area contributed by atoms with Gasteiger partial charge in [-0.2, -0.15) is 0 Å². The molecule has 2 atom stereocenters. The van der Waals surface area contributed by atoms with E-state index in [9.17, 15) is 33.9 Å². The van der Waals surface area contributed by atoms with Gasteiger partial charge in [0.05, 0.1) is 24.4 Å². The molecule has 3 rings (SSSR count). The molecule has 2 fully saturated rings. The quantitative estimate of drug-likeness (QED) is 0.194. The van der Waals surface area contributed by atoms with Crippen LogP contribution >= 0.6 is 0 Å². The van der Waals surface area contributed by atoms with Crippen LogP contribution < -0.4 is 21.3 Å². The van der Waals surface area contributed by atoms with E-state index in [1.165, 1.54) is 24.3 Å². The van der Waals surface area contributed by atoms with Crippen LogP contribution in [-0.2, 0) is 19.2 Å². The summed E-state index contributed by atoms with van der Waals surface area (Å²) in [6, 6.07) is 5.11. The number of carbonyl (C=O) groups excluding carboxylic acids is 4. The van der Waals surface area contributed by atoms with Crippen molar-refractivity contribution in [3.63, 3.8) is 0 Å². The molecule has 2 heterocycles. The summed E-state index contributed by atoms with van der Waals surface area (Å²) in [7, 11) is 0.